The summed E-state index contributed by atoms with van der Waals surface area (Å²) in [5.74, 6) is 1.39. The predicted octanol–water partition coefficient (Wildman–Crippen LogP) is 1.21. The summed E-state index contributed by atoms with van der Waals surface area (Å²) in [6.07, 6.45) is 5.96. The molecule has 1 aromatic rings. The summed E-state index contributed by atoms with van der Waals surface area (Å²) < 4.78 is 0. The van der Waals surface area contributed by atoms with Gasteiger partial charge in [-0.25, -0.2) is 4.98 Å². The molecule has 26 heavy (non-hydrogen) atoms. The van der Waals surface area contributed by atoms with Crippen LogP contribution < -0.4 is 4.90 Å². The Morgan fingerprint density at radius 2 is 1.81 bits per heavy atom. The third kappa shape index (κ3) is 3.86. The van der Waals surface area contributed by atoms with Crippen LogP contribution in [0, 0.1) is 6.92 Å². The molecule has 0 bridgehead atoms. The van der Waals surface area contributed by atoms with Crippen molar-refractivity contribution in [2.24, 2.45) is 0 Å². The van der Waals surface area contributed by atoms with Gasteiger partial charge in [0, 0.05) is 64.6 Å². The van der Waals surface area contributed by atoms with Gasteiger partial charge in [0.15, 0.2) is 0 Å². The minimum absolute atomic E-state index is 0.306. The van der Waals surface area contributed by atoms with E-state index in [1.165, 1.54) is 24.8 Å². The molecule has 1 amide bonds. The first-order chi connectivity index (χ1) is 12.7. The van der Waals surface area contributed by atoms with Crippen molar-refractivity contribution in [1.29, 1.82) is 0 Å². The highest BCUT2D eigenvalue weighted by Crippen LogP contribution is 2.25. The van der Waals surface area contributed by atoms with Gasteiger partial charge in [0.1, 0.15) is 5.82 Å². The van der Waals surface area contributed by atoms with Gasteiger partial charge in [-0.05, 0) is 31.4 Å². The molecule has 2 saturated heterocycles. The molecule has 6 heteroatoms. The highest BCUT2D eigenvalue weighted by molar-refractivity contribution is 5.78. The first-order valence-electron chi connectivity index (χ1n) is 10.1. The Morgan fingerprint density at radius 3 is 2.42 bits per heavy atom. The first-order valence-corrected chi connectivity index (χ1v) is 10.1. The van der Waals surface area contributed by atoms with Gasteiger partial charge in [-0.3, -0.25) is 14.6 Å². The fourth-order valence-corrected chi connectivity index (χ4v) is 4.31. The van der Waals surface area contributed by atoms with E-state index in [0.717, 1.165) is 64.2 Å². The van der Waals surface area contributed by atoms with E-state index >= 15 is 0 Å². The Morgan fingerprint density at radius 1 is 1.08 bits per heavy atom. The second-order valence-electron chi connectivity index (χ2n) is 7.91. The first kappa shape index (κ1) is 17.7. The average molecular weight is 358 g/mol. The van der Waals surface area contributed by atoms with Gasteiger partial charge in [-0.15, -0.1) is 0 Å². The van der Waals surface area contributed by atoms with Crippen LogP contribution in [0.3, 0.4) is 0 Å². The van der Waals surface area contributed by atoms with Crippen LogP contribution in [0.2, 0.25) is 0 Å². The third-order valence-electron chi connectivity index (χ3n) is 6.27. The number of aromatic nitrogens is 1. The van der Waals surface area contributed by atoms with Crippen LogP contribution in [-0.4, -0.2) is 90.5 Å². The van der Waals surface area contributed by atoms with Crippen LogP contribution >= 0.6 is 0 Å². The zero-order valence-corrected chi connectivity index (χ0v) is 15.9. The number of nitrogens with zero attached hydrogens (tertiary/aromatic N) is 5. The maximum atomic E-state index is 12.7. The van der Waals surface area contributed by atoms with Crippen molar-refractivity contribution in [3.8, 4) is 0 Å². The van der Waals surface area contributed by atoms with Crippen molar-refractivity contribution in [3.63, 3.8) is 0 Å². The number of carbonyl (C=O) groups excluding carboxylic acids is 1. The summed E-state index contributed by atoms with van der Waals surface area (Å²) in [5, 5.41) is 0. The minimum atomic E-state index is 0.306. The maximum absolute atomic E-state index is 12.7. The van der Waals surface area contributed by atoms with Crippen molar-refractivity contribution in [2.45, 2.75) is 32.2 Å². The van der Waals surface area contributed by atoms with Gasteiger partial charge in [-0.2, -0.15) is 0 Å². The molecule has 0 radical (unpaired) electrons. The van der Waals surface area contributed by atoms with Gasteiger partial charge in [0.2, 0.25) is 5.91 Å². The number of hydrogen-bond donors (Lipinski definition) is 0. The van der Waals surface area contributed by atoms with Crippen LogP contribution in [0.15, 0.2) is 18.3 Å². The molecular weight excluding hydrogens is 326 g/mol. The number of rotatable bonds is 4. The molecular formula is C20H31N5O. The van der Waals surface area contributed by atoms with Gasteiger partial charge in [0.25, 0.3) is 0 Å². The molecule has 0 N–H and O–H groups in total. The van der Waals surface area contributed by atoms with E-state index in [1.54, 1.807) is 0 Å². The third-order valence-corrected chi connectivity index (χ3v) is 6.27. The normalized spacial score (nSPS) is 23.1. The minimum Gasteiger partial charge on any atom is -0.354 e. The lowest BCUT2D eigenvalue weighted by Gasteiger charge is -2.43. The smallest absolute Gasteiger partial charge is 0.236 e. The van der Waals surface area contributed by atoms with E-state index in [-0.39, 0.29) is 0 Å². The van der Waals surface area contributed by atoms with E-state index in [4.69, 9.17) is 0 Å². The fraction of sp³-hybridized carbons (Fsp3) is 0.700. The number of aryl methyl sites for hydroxylation is 1. The molecule has 2 aliphatic heterocycles. The Balaban J connectivity index is 1.22. The van der Waals surface area contributed by atoms with Gasteiger partial charge in [-0.1, -0.05) is 12.5 Å². The largest absolute Gasteiger partial charge is 0.354 e. The van der Waals surface area contributed by atoms with Gasteiger partial charge >= 0.3 is 0 Å². The molecule has 0 unspecified atom stereocenters. The Labute approximate surface area is 156 Å². The van der Waals surface area contributed by atoms with E-state index in [2.05, 4.69) is 37.6 Å². The highest BCUT2D eigenvalue weighted by atomic mass is 16.2. The zero-order valence-electron chi connectivity index (χ0n) is 15.9. The number of carbonyl (C=O) groups is 1. The molecule has 6 nitrogen and oxygen atoms in total. The average Bonchev–Trinajstić information content (AvgIpc) is 2.62. The maximum Gasteiger partial charge on any atom is 0.236 e. The summed E-state index contributed by atoms with van der Waals surface area (Å²) in [7, 11) is 0. The molecule has 0 spiro atoms. The summed E-state index contributed by atoms with van der Waals surface area (Å²) >= 11 is 0. The Kier molecular flexibility index (Phi) is 5.41. The number of pyridine rings is 1. The molecule has 3 aliphatic rings. The van der Waals surface area contributed by atoms with Crippen molar-refractivity contribution < 1.29 is 4.79 Å². The second kappa shape index (κ2) is 7.92. The van der Waals surface area contributed by atoms with E-state index < -0.39 is 0 Å². The topological polar surface area (TPSA) is 42.9 Å². The number of hydrogen-bond acceptors (Lipinski definition) is 5. The van der Waals surface area contributed by atoms with Crippen LogP contribution in [0.4, 0.5) is 5.82 Å². The number of anilines is 1. The van der Waals surface area contributed by atoms with Crippen molar-refractivity contribution in [2.75, 3.05) is 63.8 Å². The van der Waals surface area contributed by atoms with Crippen molar-refractivity contribution in [1.82, 2.24) is 19.7 Å². The molecule has 1 saturated carbocycles. The lowest BCUT2D eigenvalue weighted by Crippen LogP contribution is -2.56. The monoisotopic (exact) mass is 357 g/mol. The highest BCUT2D eigenvalue weighted by Gasteiger charge is 2.30. The van der Waals surface area contributed by atoms with E-state index in [0.29, 0.717) is 12.5 Å². The second-order valence-corrected chi connectivity index (χ2v) is 7.91. The summed E-state index contributed by atoms with van der Waals surface area (Å²) in [5.41, 5.74) is 1.22. The van der Waals surface area contributed by atoms with Gasteiger partial charge in [0.05, 0.1) is 6.54 Å². The fourth-order valence-electron chi connectivity index (χ4n) is 4.31. The van der Waals surface area contributed by atoms with Crippen molar-refractivity contribution in [3.05, 3.63) is 23.9 Å². The van der Waals surface area contributed by atoms with Crippen molar-refractivity contribution >= 4 is 11.7 Å². The molecule has 3 fully saturated rings. The SMILES string of the molecule is Cc1cccnc1N1CCN(CC(=O)N2CCN(C3CCC3)CC2)CC1. The predicted molar refractivity (Wildman–Crippen MR) is 103 cm³/mol. The Bertz CT molecular complexity index is 616. The number of amides is 1. The summed E-state index contributed by atoms with van der Waals surface area (Å²) in [6.45, 7) is 10.4. The van der Waals surface area contributed by atoms with Gasteiger partial charge < -0.3 is 9.80 Å². The molecule has 0 aromatic carbocycles. The molecule has 0 atom stereocenters. The van der Waals surface area contributed by atoms with Crippen LogP contribution in [0.1, 0.15) is 24.8 Å². The Hall–Kier alpha value is -1.66. The quantitative estimate of drug-likeness (QED) is 0.810. The molecule has 142 valence electrons. The van der Waals surface area contributed by atoms with E-state index in [9.17, 15) is 4.79 Å². The molecule has 4 rings (SSSR count). The number of piperazine rings is 2. The van der Waals surface area contributed by atoms with Crippen LogP contribution in [-0.2, 0) is 4.79 Å². The lowest BCUT2D eigenvalue weighted by atomic mass is 9.91. The van der Waals surface area contributed by atoms with Crippen LogP contribution in [0.5, 0.6) is 0 Å². The van der Waals surface area contributed by atoms with E-state index in [1.807, 2.05) is 12.3 Å². The molecule has 1 aliphatic carbocycles. The molecule has 1 aromatic heterocycles. The summed E-state index contributed by atoms with van der Waals surface area (Å²) in [4.78, 5) is 26.5. The summed E-state index contributed by atoms with van der Waals surface area (Å²) in [6, 6.07) is 4.90. The molecule has 3 heterocycles. The van der Waals surface area contributed by atoms with Crippen LogP contribution in [0.25, 0.3) is 0 Å². The standard InChI is InChI=1S/C20H31N5O/c1-17-4-3-7-21-20(17)25-10-8-22(9-11-25)16-19(26)24-14-12-23(13-15-24)18-5-2-6-18/h3-4,7,18H,2,5-6,8-16H2,1H3. The lowest BCUT2D eigenvalue weighted by molar-refractivity contribution is -0.134. The zero-order chi connectivity index (χ0) is 17.9.